The second-order valence-corrected chi connectivity index (χ2v) is 8.08. The van der Waals surface area contributed by atoms with Gasteiger partial charge in [-0.3, -0.25) is 4.79 Å². The van der Waals surface area contributed by atoms with E-state index in [2.05, 4.69) is 30.7 Å². The molecule has 0 aromatic carbocycles. The Labute approximate surface area is 124 Å². The minimum absolute atomic E-state index is 0.114. The monoisotopic (exact) mass is 293 g/mol. The van der Waals surface area contributed by atoms with Crippen LogP contribution in [0.25, 0.3) is 0 Å². The molecule has 2 atom stereocenters. The van der Waals surface area contributed by atoms with Gasteiger partial charge in [0.05, 0.1) is 5.51 Å². The Morgan fingerprint density at radius 2 is 1.95 bits per heavy atom. The maximum absolute atomic E-state index is 12.3. The number of hydrogen-bond donors (Lipinski definition) is 0. The lowest BCUT2D eigenvalue weighted by atomic mass is 9.96. The van der Waals surface area contributed by atoms with Crippen LogP contribution in [0.3, 0.4) is 0 Å². The molecule has 2 aliphatic rings. The molecule has 0 saturated carbocycles. The SMILES string of the molecule is CC(C)(C)CN1C[C@@H]2CN(C(=O)c3cscn3)C[C@@H]2C1. The number of thiazole rings is 1. The van der Waals surface area contributed by atoms with Gasteiger partial charge in [0.25, 0.3) is 5.91 Å². The van der Waals surface area contributed by atoms with Gasteiger partial charge in [-0.15, -0.1) is 11.3 Å². The molecule has 0 aliphatic carbocycles. The molecule has 2 aliphatic heterocycles. The lowest BCUT2D eigenvalue weighted by Crippen LogP contribution is -2.36. The van der Waals surface area contributed by atoms with Gasteiger partial charge < -0.3 is 9.80 Å². The largest absolute Gasteiger partial charge is 0.337 e. The molecule has 2 fully saturated rings. The van der Waals surface area contributed by atoms with E-state index in [0.29, 0.717) is 22.9 Å². The summed E-state index contributed by atoms with van der Waals surface area (Å²) in [6, 6.07) is 0. The number of fused-ring (bicyclic) bond motifs is 1. The van der Waals surface area contributed by atoms with Crippen molar-refractivity contribution in [1.29, 1.82) is 0 Å². The van der Waals surface area contributed by atoms with Crippen molar-refractivity contribution in [2.24, 2.45) is 17.3 Å². The van der Waals surface area contributed by atoms with Crippen molar-refractivity contribution >= 4 is 17.2 Å². The van der Waals surface area contributed by atoms with E-state index in [1.807, 2.05) is 10.3 Å². The third kappa shape index (κ3) is 2.88. The molecule has 110 valence electrons. The first-order valence-electron chi connectivity index (χ1n) is 7.32. The number of rotatable bonds is 2. The Hall–Kier alpha value is -0.940. The first-order valence-corrected chi connectivity index (χ1v) is 8.26. The molecule has 0 N–H and O–H groups in total. The Kier molecular flexibility index (Phi) is 3.58. The molecule has 1 aromatic rings. The maximum Gasteiger partial charge on any atom is 0.273 e. The highest BCUT2D eigenvalue weighted by molar-refractivity contribution is 7.07. The number of nitrogens with zero attached hydrogens (tertiary/aromatic N) is 3. The van der Waals surface area contributed by atoms with Gasteiger partial charge in [0.15, 0.2) is 0 Å². The fourth-order valence-electron chi connectivity index (χ4n) is 3.54. The average Bonchev–Trinajstić information content (AvgIpc) is 2.98. The van der Waals surface area contributed by atoms with Crippen LogP contribution in [0.2, 0.25) is 0 Å². The van der Waals surface area contributed by atoms with Crippen molar-refractivity contribution < 1.29 is 4.79 Å². The molecule has 0 unspecified atom stereocenters. The number of amides is 1. The second-order valence-electron chi connectivity index (χ2n) is 7.36. The predicted octanol–water partition coefficient (Wildman–Crippen LogP) is 2.19. The first kappa shape index (κ1) is 14.0. The van der Waals surface area contributed by atoms with Crippen molar-refractivity contribution in [3.05, 3.63) is 16.6 Å². The highest BCUT2D eigenvalue weighted by Gasteiger charge is 2.42. The van der Waals surface area contributed by atoms with E-state index in [1.165, 1.54) is 11.3 Å². The summed E-state index contributed by atoms with van der Waals surface area (Å²) >= 11 is 1.49. The average molecular weight is 293 g/mol. The Morgan fingerprint density at radius 1 is 1.30 bits per heavy atom. The van der Waals surface area contributed by atoms with Crippen LogP contribution in [0.4, 0.5) is 0 Å². The normalized spacial score (nSPS) is 27.1. The third-order valence-corrected chi connectivity index (χ3v) is 4.78. The summed E-state index contributed by atoms with van der Waals surface area (Å²) in [5.74, 6) is 1.42. The zero-order chi connectivity index (χ0) is 14.3. The third-order valence-electron chi connectivity index (χ3n) is 4.20. The Morgan fingerprint density at radius 3 is 2.45 bits per heavy atom. The summed E-state index contributed by atoms with van der Waals surface area (Å²) in [7, 11) is 0. The standard InChI is InChI=1S/C15H23N3OS/c1-15(2,3)9-17-4-11-6-18(7-12(11)5-17)14(19)13-8-20-10-16-13/h8,10-12H,4-7,9H2,1-3H3/t11-,12+. The molecule has 20 heavy (non-hydrogen) atoms. The molecule has 0 bridgehead atoms. The van der Waals surface area contributed by atoms with Crippen LogP contribution in [-0.2, 0) is 0 Å². The van der Waals surface area contributed by atoms with Crippen LogP contribution in [0, 0.1) is 17.3 Å². The fourth-order valence-corrected chi connectivity index (χ4v) is 4.06. The number of hydrogen-bond acceptors (Lipinski definition) is 4. The molecular weight excluding hydrogens is 270 g/mol. The molecule has 0 spiro atoms. The van der Waals surface area contributed by atoms with Gasteiger partial charge >= 0.3 is 0 Å². The highest BCUT2D eigenvalue weighted by atomic mass is 32.1. The summed E-state index contributed by atoms with van der Waals surface area (Å²) in [5, 5.41) is 1.85. The van der Waals surface area contributed by atoms with Gasteiger partial charge in [-0.1, -0.05) is 20.8 Å². The molecule has 4 nitrogen and oxygen atoms in total. The van der Waals surface area contributed by atoms with E-state index in [-0.39, 0.29) is 5.91 Å². The minimum atomic E-state index is 0.114. The topological polar surface area (TPSA) is 36.4 Å². The van der Waals surface area contributed by atoms with Gasteiger partial charge in [-0.2, -0.15) is 0 Å². The van der Waals surface area contributed by atoms with Gasteiger partial charge in [-0.25, -0.2) is 4.98 Å². The molecular formula is C15H23N3OS. The van der Waals surface area contributed by atoms with Crippen LogP contribution in [-0.4, -0.2) is 53.4 Å². The smallest absolute Gasteiger partial charge is 0.273 e. The molecule has 1 amide bonds. The molecule has 2 saturated heterocycles. The zero-order valence-corrected chi connectivity index (χ0v) is 13.3. The van der Waals surface area contributed by atoms with Crippen molar-refractivity contribution in [3.63, 3.8) is 0 Å². The van der Waals surface area contributed by atoms with E-state index in [1.54, 1.807) is 5.51 Å². The summed E-state index contributed by atoms with van der Waals surface area (Å²) in [6.07, 6.45) is 0. The lowest BCUT2D eigenvalue weighted by Gasteiger charge is -2.27. The zero-order valence-electron chi connectivity index (χ0n) is 12.5. The maximum atomic E-state index is 12.3. The van der Waals surface area contributed by atoms with Crippen LogP contribution in [0.5, 0.6) is 0 Å². The van der Waals surface area contributed by atoms with Gasteiger partial charge in [0, 0.05) is 38.1 Å². The summed E-state index contributed by atoms with van der Waals surface area (Å²) < 4.78 is 0. The quantitative estimate of drug-likeness (QED) is 0.838. The fraction of sp³-hybridized carbons (Fsp3) is 0.733. The first-order chi connectivity index (χ1) is 9.42. The van der Waals surface area contributed by atoms with Gasteiger partial charge in [0.2, 0.25) is 0 Å². The van der Waals surface area contributed by atoms with Crippen molar-refractivity contribution in [2.45, 2.75) is 20.8 Å². The number of carbonyl (C=O) groups excluding carboxylic acids is 1. The Balaban J connectivity index is 1.57. The predicted molar refractivity (Wildman–Crippen MR) is 80.9 cm³/mol. The second kappa shape index (κ2) is 5.11. The van der Waals surface area contributed by atoms with Crippen LogP contribution >= 0.6 is 11.3 Å². The van der Waals surface area contributed by atoms with E-state index >= 15 is 0 Å². The Bertz CT molecular complexity index is 466. The minimum Gasteiger partial charge on any atom is -0.337 e. The van der Waals surface area contributed by atoms with Crippen molar-refractivity contribution in [3.8, 4) is 0 Å². The van der Waals surface area contributed by atoms with E-state index in [9.17, 15) is 4.79 Å². The lowest BCUT2D eigenvalue weighted by molar-refractivity contribution is 0.0765. The highest BCUT2D eigenvalue weighted by Crippen LogP contribution is 2.33. The number of aromatic nitrogens is 1. The van der Waals surface area contributed by atoms with Crippen LogP contribution in [0.15, 0.2) is 10.9 Å². The van der Waals surface area contributed by atoms with E-state index in [4.69, 9.17) is 0 Å². The van der Waals surface area contributed by atoms with Crippen molar-refractivity contribution in [2.75, 3.05) is 32.7 Å². The molecule has 3 rings (SSSR count). The van der Waals surface area contributed by atoms with Gasteiger partial charge in [-0.05, 0) is 17.3 Å². The summed E-state index contributed by atoms with van der Waals surface area (Å²) in [6.45, 7) is 12.1. The van der Waals surface area contributed by atoms with Gasteiger partial charge in [0.1, 0.15) is 5.69 Å². The van der Waals surface area contributed by atoms with Crippen molar-refractivity contribution in [1.82, 2.24) is 14.8 Å². The van der Waals surface area contributed by atoms with Crippen LogP contribution in [0.1, 0.15) is 31.3 Å². The van der Waals surface area contributed by atoms with Crippen LogP contribution < -0.4 is 0 Å². The number of likely N-dealkylation sites (tertiary alicyclic amines) is 2. The molecule has 3 heterocycles. The molecule has 1 aromatic heterocycles. The molecule has 0 radical (unpaired) electrons. The molecule has 5 heteroatoms. The van der Waals surface area contributed by atoms with E-state index in [0.717, 1.165) is 32.7 Å². The summed E-state index contributed by atoms with van der Waals surface area (Å²) in [4.78, 5) is 21.0. The van der Waals surface area contributed by atoms with E-state index < -0.39 is 0 Å². The number of carbonyl (C=O) groups is 1. The summed E-state index contributed by atoms with van der Waals surface area (Å²) in [5.41, 5.74) is 2.70.